The van der Waals surface area contributed by atoms with Crippen molar-refractivity contribution in [2.75, 3.05) is 0 Å². The van der Waals surface area contributed by atoms with E-state index in [1.807, 2.05) is 36.4 Å². The van der Waals surface area contributed by atoms with Crippen LogP contribution in [0.4, 0.5) is 0 Å². The molecule has 1 aromatic carbocycles. The molecule has 0 fully saturated rings. The SMILES string of the molecule is O=C(Cc1[c]cccc1)NCc1ccccn1. The van der Waals surface area contributed by atoms with Crippen LogP contribution in [0.15, 0.2) is 48.7 Å². The Balaban J connectivity index is 1.83. The first kappa shape index (κ1) is 11.3. The molecule has 0 spiro atoms. The van der Waals surface area contributed by atoms with Crippen molar-refractivity contribution < 1.29 is 4.79 Å². The lowest BCUT2D eigenvalue weighted by molar-refractivity contribution is -0.120. The summed E-state index contributed by atoms with van der Waals surface area (Å²) in [6.07, 6.45) is 2.07. The summed E-state index contributed by atoms with van der Waals surface area (Å²) in [5.41, 5.74) is 1.75. The van der Waals surface area contributed by atoms with Crippen LogP contribution in [0.25, 0.3) is 0 Å². The summed E-state index contributed by atoms with van der Waals surface area (Å²) < 4.78 is 0. The molecule has 2 aromatic rings. The number of benzene rings is 1. The lowest BCUT2D eigenvalue weighted by atomic mass is 10.1. The molecule has 0 saturated carbocycles. The van der Waals surface area contributed by atoms with Gasteiger partial charge in [0.2, 0.25) is 5.91 Å². The van der Waals surface area contributed by atoms with Gasteiger partial charge < -0.3 is 5.32 Å². The molecule has 0 aliphatic carbocycles. The van der Waals surface area contributed by atoms with Crippen LogP contribution in [0.1, 0.15) is 11.3 Å². The summed E-state index contributed by atoms with van der Waals surface area (Å²) in [7, 11) is 0. The fourth-order valence-electron chi connectivity index (χ4n) is 1.47. The molecule has 0 unspecified atom stereocenters. The third kappa shape index (κ3) is 3.72. The molecule has 1 heterocycles. The van der Waals surface area contributed by atoms with Gasteiger partial charge in [0, 0.05) is 6.20 Å². The standard InChI is InChI=1S/C14H13N2O/c17-14(10-12-6-2-1-3-7-12)16-11-13-8-4-5-9-15-13/h1-6,8-9H,10-11H2,(H,16,17). The molecule has 2 rings (SSSR count). The average Bonchev–Trinajstić information content (AvgIpc) is 2.39. The summed E-state index contributed by atoms with van der Waals surface area (Å²) >= 11 is 0. The van der Waals surface area contributed by atoms with Crippen LogP contribution in [-0.4, -0.2) is 10.9 Å². The van der Waals surface area contributed by atoms with E-state index in [9.17, 15) is 4.79 Å². The number of pyridine rings is 1. The van der Waals surface area contributed by atoms with Crippen LogP contribution in [0.3, 0.4) is 0 Å². The Morgan fingerprint density at radius 3 is 2.82 bits per heavy atom. The first-order valence-electron chi connectivity index (χ1n) is 5.47. The Bertz CT molecular complexity index is 468. The molecule has 3 nitrogen and oxygen atoms in total. The second-order valence-electron chi connectivity index (χ2n) is 3.66. The highest BCUT2D eigenvalue weighted by Crippen LogP contribution is 1.99. The van der Waals surface area contributed by atoms with Gasteiger partial charge in [0.1, 0.15) is 0 Å². The minimum absolute atomic E-state index is 0.0156. The second kappa shape index (κ2) is 5.80. The topological polar surface area (TPSA) is 42.0 Å². The van der Waals surface area contributed by atoms with E-state index >= 15 is 0 Å². The van der Waals surface area contributed by atoms with Crippen LogP contribution in [0.5, 0.6) is 0 Å². The van der Waals surface area contributed by atoms with E-state index < -0.39 is 0 Å². The zero-order valence-electron chi connectivity index (χ0n) is 9.39. The molecule has 1 amide bonds. The van der Waals surface area contributed by atoms with Crippen molar-refractivity contribution in [3.8, 4) is 0 Å². The van der Waals surface area contributed by atoms with Gasteiger partial charge in [-0.2, -0.15) is 0 Å². The van der Waals surface area contributed by atoms with Gasteiger partial charge in [-0.3, -0.25) is 9.78 Å². The number of carbonyl (C=O) groups excluding carboxylic acids is 1. The summed E-state index contributed by atoms with van der Waals surface area (Å²) in [6.45, 7) is 0.465. The molecular weight excluding hydrogens is 212 g/mol. The maximum atomic E-state index is 11.6. The van der Waals surface area contributed by atoms with Crippen molar-refractivity contribution in [3.05, 3.63) is 66.0 Å². The second-order valence-corrected chi connectivity index (χ2v) is 3.66. The molecule has 0 atom stereocenters. The third-order valence-electron chi connectivity index (χ3n) is 2.32. The fourth-order valence-corrected chi connectivity index (χ4v) is 1.47. The molecule has 0 saturated heterocycles. The van der Waals surface area contributed by atoms with Crippen molar-refractivity contribution in [3.63, 3.8) is 0 Å². The number of nitrogens with zero attached hydrogens (tertiary/aromatic N) is 1. The Kier molecular flexibility index (Phi) is 3.86. The molecule has 17 heavy (non-hydrogen) atoms. The molecule has 3 heteroatoms. The van der Waals surface area contributed by atoms with Gasteiger partial charge in [0.15, 0.2) is 0 Å². The Labute approximate surface area is 101 Å². The zero-order chi connectivity index (χ0) is 11.9. The molecule has 0 bridgehead atoms. The monoisotopic (exact) mass is 225 g/mol. The van der Waals surface area contributed by atoms with Gasteiger partial charge in [0.05, 0.1) is 18.7 Å². The summed E-state index contributed by atoms with van der Waals surface area (Å²) in [4.78, 5) is 15.8. The first-order chi connectivity index (χ1) is 8.34. The number of nitrogens with one attached hydrogen (secondary N) is 1. The van der Waals surface area contributed by atoms with E-state index in [-0.39, 0.29) is 5.91 Å². The number of aromatic nitrogens is 1. The number of rotatable bonds is 4. The van der Waals surface area contributed by atoms with E-state index in [4.69, 9.17) is 0 Å². The Hall–Kier alpha value is -2.16. The highest BCUT2D eigenvalue weighted by molar-refractivity contribution is 5.78. The van der Waals surface area contributed by atoms with Gasteiger partial charge >= 0.3 is 0 Å². The van der Waals surface area contributed by atoms with Crippen molar-refractivity contribution in [1.29, 1.82) is 0 Å². The maximum Gasteiger partial charge on any atom is 0.224 e. The lowest BCUT2D eigenvalue weighted by Crippen LogP contribution is -2.24. The normalized spacial score (nSPS) is 9.88. The van der Waals surface area contributed by atoms with Gasteiger partial charge in [-0.05, 0) is 23.8 Å². The summed E-state index contributed by atoms with van der Waals surface area (Å²) in [6, 6.07) is 16.1. The molecule has 1 aromatic heterocycles. The minimum atomic E-state index is -0.0156. The lowest BCUT2D eigenvalue weighted by Gasteiger charge is -2.04. The van der Waals surface area contributed by atoms with E-state index in [0.29, 0.717) is 13.0 Å². The molecule has 85 valence electrons. The minimum Gasteiger partial charge on any atom is -0.350 e. The highest BCUT2D eigenvalue weighted by atomic mass is 16.1. The predicted octanol–water partition coefficient (Wildman–Crippen LogP) is 1.74. The van der Waals surface area contributed by atoms with E-state index in [1.165, 1.54) is 0 Å². The quantitative estimate of drug-likeness (QED) is 0.861. The van der Waals surface area contributed by atoms with E-state index in [0.717, 1.165) is 11.3 Å². The molecule has 1 N–H and O–H groups in total. The third-order valence-corrected chi connectivity index (χ3v) is 2.32. The fraction of sp³-hybridized carbons (Fsp3) is 0.143. The van der Waals surface area contributed by atoms with Crippen LogP contribution in [0.2, 0.25) is 0 Å². The number of carbonyl (C=O) groups is 1. The van der Waals surface area contributed by atoms with Crippen LogP contribution in [0, 0.1) is 6.07 Å². The maximum absolute atomic E-state index is 11.6. The zero-order valence-corrected chi connectivity index (χ0v) is 9.39. The summed E-state index contributed by atoms with van der Waals surface area (Å²) in [5.74, 6) is -0.0156. The average molecular weight is 225 g/mol. The van der Waals surface area contributed by atoms with Gasteiger partial charge in [0.25, 0.3) is 0 Å². The van der Waals surface area contributed by atoms with E-state index in [1.54, 1.807) is 12.3 Å². The van der Waals surface area contributed by atoms with Gasteiger partial charge in [-0.15, -0.1) is 0 Å². The molecule has 1 radical (unpaired) electrons. The Morgan fingerprint density at radius 1 is 1.24 bits per heavy atom. The number of amides is 1. The largest absolute Gasteiger partial charge is 0.350 e. The van der Waals surface area contributed by atoms with Gasteiger partial charge in [-0.25, -0.2) is 0 Å². The first-order valence-corrected chi connectivity index (χ1v) is 5.47. The van der Waals surface area contributed by atoms with Gasteiger partial charge in [-0.1, -0.05) is 30.3 Å². The molecule has 0 aliphatic heterocycles. The smallest absolute Gasteiger partial charge is 0.224 e. The van der Waals surface area contributed by atoms with Crippen LogP contribution >= 0.6 is 0 Å². The van der Waals surface area contributed by atoms with Crippen molar-refractivity contribution in [2.24, 2.45) is 0 Å². The predicted molar refractivity (Wildman–Crippen MR) is 65.1 cm³/mol. The van der Waals surface area contributed by atoms with Crippen molar-refractivity contribution >= 4 is 5.91 Å². The highest BCUT2D eigenvalue weighted by Gasteiger charge is 2.02. The van der Waals surface area contributed by atoms with E-state index in [2.05, 4.69) is 16.4 Å². The van der Waals surface area contributed by atoms with Crippen molar-refractivity contribution in [2.45, 2.75) is 13.0 Å². The van der Waals surface area contributed by atoms with Crippen LogP contribution < -0.4 is 5.32 Å². The number of hydrogen-bond donors (Lipinski definition) is 1. The molecular formula is C14H13N2O. The number of hydrogen-bond acceptors (Lipinski definition) is 2. The van der Waals surface area contributed by atoms with Crippen LogP contribution in [-0.2, 0) is 17.8 Å². The Morgan fingerprint density at radius 2 is 2.12 bits per heavy atom. The molecule has 0 aliphatic rings. The summed E-state index contributed by atoms with van der Waals surface area (Å²) in [5, 5.41) is 2.83. The van der Waals surface area contributed by atoms with Crippen molar-refractivity contribution in [1.82, 2.24) is 10.3 Å².